The molecule has 1 heterocycles. The van der Waals surface area contributed by atoms with E-state index in [2.05, 4.69) is 41.0 Å². The van der Waals surface area contributed by atoms with E-state index >= 15 is 0 Å². The molecular weight excluding hydrogens is 226 g/mol. The van der Waals surface area contributed by atoms with Crippen molar-refractivity contribution in [3.05, 3.63) is 57.3 Å². The fraction of sp³-hybridized carbons (Fsp3) is 0.333. The SMILES string of the molecule is c1csc(CNCc2ccc3c(c2)CCC3)c1. The molecule has 2 heteroatoms. The van der Waals surface area contributed by atoms with Crippen molar-refractivity contribution in [3.63, 3.8) is 0 Å². The van der Waals surface area contributed by atoms with Crippen molar-refractivity contribution in [1.82, 2.24) is 5.32 Å². The molecule has 0 saturated carbocycles. The van der Waals surface area contributed by atoms with Crippen molar-refractivity contribution in [3.8, 4) is 0 Å². The highest BCUT2D eigenvalue weighted by Crippen LogP contribution is 2.22. The molecule has 0 spiro atoms. The Morgan fingerprint density at radius 3 is 2.88 bits per heavy atom. The Balaban J connectivity index is 1.58. The van der Waals surface area contributed by atoms with Crippen LogP contribution < -0.4 is 5.32 Å². The average molecular weight is 243 g/mol. The van der Waals surface area contributed by atoms with Crippen molar-refractivity contribution in [2.45, 2.75) is 32.4 Å². The van der Waals surface area contributed by atoms with Crippen molar-refractivity contribution in [2.75, 3.05) is 0 Å². The molecule has 1 aliphatic carbocycles. The van der Waals surface area contributed by atoms with Crippen LogP contribution in [0, 0.1) is 0 Å². The van der Waals surface area contributed by atoms with Crippen LogP contribution in [-0.2, 0) is 25.9 Å². The summed E-state index contributed by atoms with van der Waals surface area (Å²) in [5.74, 6) is 0. The Morgan fingerprint density at radius 1 is 1.06 bits per heavy atom. The summed E-state index contributed by atoms with van der Waals surface area (Å²) in [6.45, 7) is 1.96. The predicted molar refractivity (Wildman–Crippen MR) is 73.3 cm³/mol. The van der Waals surface area contributed by atoms with Gasteiger partial charge in [0.25, 0.3) is 0 Å². The molecule has 1 aliphatic rings. The van der Waals surface area contributed by atoms with Crippen LogP contribution in [0.3, 0.4) is 0 Å². The van der Waals surface area contributed by atoms with Crippen molar-refractivity contribution in [1.29, 1.82) is 0 Å². The van der Waals surface area contributed by atoms with E-state index < -0.39 is 0 Å². The average Bonchev–Trinajstić information content (AvgIpc) is 2.98. The molecule has 0 fully saturated rings. The maximum absolute atomic E-state index is 3.51. The number of nitrogens with one attached hydrogen (secondary N) is 1. The van der Waals surface area contributed by atoms with Gasteiger partial charge < -0.3 is 5.32 Å². The van der Waals surface area contributed by atoms with Crippen LogP contribution >= 0.6 is 11.3 Å². The fourth-order valence-corrected chi connectivity index (χ4v) is 3.15. The molecule has 1 N–H and O–H groups in total. The first-order valence-corrected chi connectivity index (χ1v) is 7.13. The number of hydrogen-bond acceptors (Lipinski definition) is 2. The van der Waals surface area contributed by atoms with Crippen molar-refractivity contribution in [2.24, 2.45) is 0 Å². The standard InChI is InChI=1S/C15H17NS/c1-3-13-7-6-12(9-14(13)4-1)10-16-11-15-5-2-8-17-15/h2,5-9,16H,1,3-4,10-11H2. The molecule has 0 bridgehead atoms. The van der Waals surface area contributed by atoms with Crippen LogP contribution in [0.2, 0.25) is 0 Å². The van der Waals surface area contributed by atoms with E-state index in [0.29, 0.717) is 0 Å². The van der Waals surface area contributed by atoms with E-state index in [0.717, 1.165) is 13.1 Å². The maximum Gasteiger partial charge on any atom is 0.0302 e. The Labute approximate surface area is 106 Å². The molecule has 2 aromatic rings. The zero-order chi connectivity index (χ0) is 11.5. The van der Waals surface area contributed by atoms with Crippen LogP contribution in [0.4, 0.5) is 0 Å². The number of hydrogen-bond donors (Lipinski definition) is 1. The van der Waals surface area contributed by atoms with E-state index in [-0.39, 0.29) is 0 Å². The predicted octanol–water partition coefficient (Wildman–Crippen LogP) is 3.53. The van der Waals surface area contributed by atoms with E-state index in [1.165, 1.54) is 29.7 Å². The van der Waals surface area contributed by atoms with Gasteiger partial charge in [0, 0.05) is 18.0 Å². The summed E-state index contributed by atoms with van der Waals surface area (Å²) >= 11 is 1.82. The topological polar surface area (TPSA) is 12.0 Å². The lowest BCUT2D eigenvalue weighted by molar-refractivity contribution is 0.700. The summed E-state index contributed by atoms with van der Waals surface area (Å²) in [6.07, 6.45) is 3.88. The second-order valence-electron chi connectivity index (χ2n) is 4.64. The molecule has 1 aromatic heterocycles. The second kappa shape index (κ2) is 5.03. The minimum absolute atomic E-state index is 0.977. The lowest BCUT2D eigenvalue weighted by Gasteiger charge is -2.06. The van der Waals surface area contributed by atoms with Gasteiger partial charge in [0.15, 0.2) is 0 Å². The maximum atomic E-state index is 3.51. The molecule has 0 radical (unpaired) electrons. The largest absolute Gasteiger partial charge is 0.308 e. The van der Waals surface area contributed by atoms with Gasteiger partial charge in [0.2, 0.25) is 0 Å². The third-order valence-electron chi connectivity index (χ3n) is 3.37. The molecular formula is C15H17NS. The number of benzene rings is 1. The van der Waals surface area contributed by atoms with Gasteiger partial charge in [-0.3, -0.25) is 0 Å². The monoisotopic (exact) mass is 243 g/mol. The molecule has 1 aromatic carbocycles. The lowest BCUT2D eigenvalue weighted by atomic mass is 10.1. The van der Waals surface area contributed by atoms with Crippen LogP contribution in [0.5, 0.6) is 0 Å². The number of fused-ring (bicyclic) bond motifs is 1. The van der Waals surface area contributed by atoms with E-state index in [9.17, 15) is 0 Å². The first-order chi connectivity index (χ1) is 8.42. The number of aryl methyl sites for hydroxylation is 2. The van der Waals surface area contributed by atoms with Crippen LogP contribution in [0.15, 0.2) is 35.7 Å². The fourth-order valence-electron chi connectivity index (χ4n) is 2.48. The van der Waals surface area contributed by atoms with Gasteiger partial charge in [-0.15, -0.1) is 11.3 Å². The minimum atomic E-state index is 0.977. The summed E-state index contributed by atoms with van der Waals surface area (Å²) < 4.78 is 0. The van der Waals surface area contributed by atoms with Crippen molar-refractivity contribution < 1.29 is 0 Å². The molecule has 17 heavy (non-hydrogen) atoms. The number of thiophene rings is 1. The van der Waals surface area contributed by atoms with Crippen LogP contribution in [0.1, 0.15) is 28.0 Å². The zero-order valence-corrected chi connectivity index (χ0v) is 10.7. The summed E-state index contributed by atoms with van der Waals surface area (Å²) in [4.78, 5) is 1.41. The van der Waals surface area contributed by atoms with Crippen LogP contribution in [0.25, 0.3) is 0 Å². The number of rotatable bonds is 4. The van der Waals surface area contributed by atoms with Gasteiger partial charge >= 0.3 is 0 Å². The van der Waals surface area contributed by atoms with Gasteiger partial charge in [-0.2, -0.15) is 0 Å². The molecule has 0 saturated heterocycles. The van der Waals surface area contributed by atoms with Gasteiger partial charge in [0.1, 0.15) is 0 Å². The molecule has 3 rings (SSSR count). The highest BCUT2D eigenvalue weighted by molar-refractivity contribution is 7.09. The summed E-state index contributed by atoms with van der Waals surface area (Å²) in [6, 6.07) is 11.2. The molecule has 1 nitrogen and oxygen atoms in total. The molecule has 0 unspecified atom stereocenters. The molecule has 0 amide bonds. The normalized spacial score (nSPS) is 13.9. The van der Waals surface area contributed by atoms with E-state index in [1.807, 2.05) is 11.3 Å². The summed E-state index contributed by atoms with van der Waals surface area (Å²) in [5, 5.41) is 5.64. The lowest BCUT2D eigenvalue weighted by Crippen LogP contribution is -2.11. The highest BCUT2D eigenvalue weighted by atomic mass is 32.1. The van der Waals surface area contributed by atoms with E-state index in [4.69, 9.17) is 0 Å². The molecule has 88 valence electrons. The summed E-state index contributed by atoms with van der Waals surface area (Å²) in [7, 11) is 0. The van der Waals surface area contributed by atoms with Gasteiger partial charge in [-0.05, 0) is 47.4 Å². The Kier molecular flexibility index (Phi) is 3.25. The van der Waals surface area contributed by atoms with Gasteiger partial charge in [-0.1, -0.05) is 24.3 Å². The minimum Gasteiger partial charge on any atom is -0.308 e. The molecule has 0 atom stereocenters. The van der Waals surface area contributed by atoms with E-state index in [1.54, 1.807) is 11.1 Å². The highest BCUT2D eigenvalue weighted by Gasteiger charge is 2.10. The second-order valence-corrected chi connectivity index (χ2v) is 5.67. The summed E-state index contributed by atoms with van der Waals surface area (Å²) in [5.41, 5.74) is 4.55. The first-order valence-electron chi connectivity index (χ1n) is 6.25. The third kappa shape index (κ3) is 2.59. The quantitative estimate of drug-likeness (QED) is 0.866. The Hall–Kier alpha value is -1.12. The zero-order valence-electron chi connectivity index (χ0n) is 9.91. The van der Waals surface area contributed by atoms with Crippen LogP contribution in [-0.4, -0.2) is 0 Å². The molecule has 0 aliphatic heterocycles. The van der Waals surface area contributed by atoms with Crippen molar-refractivity contribution >= 4 is 11.3 Å². The van der Waals surface area contributed by atoms with Gasteiger partial charge in [0.05, 0.1) is 0 Å². The van der Waals surface area contributed by atoms with Gasteiger partial charge in [-0.25, -0.2) is 0 Å². The smallest absolute Gasteiger partial charge is 0.0302 e. The third-order valence-corrected chi connectivity index (χ3v) is 4.25. The first kappa shape index (κ1) is 11.0. The Morgan fingerprint density at radius 2 is 2.00 bits per heavy atom. The Bertz CT molecular complexity index is 488.